The highest BCUT2D eigenvalue weighted by molar-refractivity contribution is 5.42. The average molecular weight is 191 g/mol. The van der Waals surface area contributed by atoms with Crippen molar-refractivity contribution < 1.29 is 9.18 Å². The summed E-state index contributed by atoms with van der Waals surface area (Å²) in [4.78, 5) is 14.0. The highest BCUT2D eigenvalue weighted by Crippen LogP contribution is 2.49. The molecule has 1 aromatic carbocycles. The summed E-state index contributed by atoms with van der Waals surface area (Å²) in [6.07, 6.45) is 3.31. The number of carbonyl (C=O) groups excluding carboxylic acids is 1. The molecule has 1 saturated carbocycles. The maximum absolute atomic E-state index is 12.4. The fourth-order valence-corrected chi connectivity index (χ4v) is 1.61. The van der Waals surface area contributed by atoms with Gasteiger partial charge in [0.25, 0.3) is 0 Å². The standard InChI is InChI=1S/C11H10FNO/c12-7-9-2-1-3-10(6-9)11(4-5-11)13-8-14/h1-3,6H,4-5,7H2. The van der Waals surface area contributed by atoms with Crippen LogP contribution in [0.2, 0.25) is 0 Å². The number of alkyl halides is 1. The van der Waals surface area contributed by atoms with Gasteiger partial charge in [0.05, 0.1) is 5.54 Å². The molecule has 1 fully saturated rings. The fraction of sp³-hybridized carbons (Fsp3) is 0.364. The van der Waals surface area contributed by atoms with E-state index in [2.05, 4.69) is 4.99 Å². The Bertz CT molecular complexity index is 392. The molecule has 0 unspecified atom stereocenters. The molecule has 3 heteroatoms. The third kappa shape index (κ3) is 1.47. The summed E-state index contributed by atoms with van der Waals surface area (Å²) in [6.45, 7) is -0.477. The summed E-state index contributed by atoms with van der Waals surface area (Å²) in [7, 11) is 0. The van der Waals surface area contributed by atoms with E-state index in [0.29, 0.717) is 5.56 Å². The van der Waals surface area contributed by atoms with Crippen LogP contribution in [-0.4, -0.2) is 6.08 Å². The molecule has 0 aliphatic heterocycles. The average Bonchev–Trinajstić information content (AvgIpc) is 3.00. The minimum absolute atomic E-state index is 0.382. The largest absolute Gasteiger partial charge is 0.246 e. The Hall–Kier alpha value is -1.47. The van der Waals surface area contributed by atoms with Crippen LogP contribution in [0.3, 0.4) is 0 Å². The molecular weight excluding hydrogens is 181 g/mol. The highest BCUT2D eigenvalue weighted by atomic mass is 19.1. The van der Waals surface area contributed by atoms with Crippen LogP contribution < -0.4 is 0 Å². The van der Waals surface area contributed by atoms with E-state index < -0.39 is 6.67 Å². The zero-order valence-corrected chi connectivity index (χ0v) is 7.66. The number of benzene rings is 1. The smallest absolute Gasteiger partial charge is 0.235 e. The Kier molecular flexibility index (Phi) is 2.18. The van der Waals surface area contributed by atoms with Crippen LogP contribution in [0.4, 0.5) is 4.39 Å². The van der Waals surface area contributed by atoms with Crippen molar-refractivity contribution in [3.05, 3.63) is 35.4 Å². The Morgan fingerprint density at radius 2 is 2.29 bits per heavy atom. The molecule has 0 aromatic heterocycles. The van der Waals surface area contributed by atoms with Crippen molar-refractivity contribution in [2.75, 3.05) is 0 Å². The molecule has 0 bridgehead atoms. The molecule has 1 aliphatic rings. The Morgan fingerprint density at radius 3 is 2.86 bits per heavy atom. The van der Waals surface area contributed by atoms with Crippen molar-refractivity contribution in [3.63, 3.8) is 0 Å². The van der Waals surface area contributed by atoms with Gasteiger partial charge in [0, 0.05) is 0 Å². The first-order valence-electron chi connectivity index (χ1n) is 4.55. The normalized spacial score (nSPS) is 17.2. The van der Waals surface area contributed by atoms with E-state index in [1.807, 2.05) is 6.07 Å². The van der Waals surface area contributed by atoms with E-state index in [1.165, 1.54) is 0 Å². The van der Waals surface area contributed by atoms with Gasteiger partial charge in [0.1, 0.15) is 6.67 Å². The Balaban J connectivity index is 2.36. The topological polar surface area (TPSA) is 29.4 Å². The maximum Gasteiger partial charge on any atom is 0.235 e. The van der Waals surface area contributed by atoms with Gasteiger partial charge in [-0.2, -0.15) is 4.99 Å². The summed E-state index contributed by atoms with van der Waals surface area (Å²) in [5.41, 5.74) is 1.18. The van der Waals surface area contributed by atoms with Gasteiger partial charge in [-0.05, 0) is 24.0 Å². The second-order valence-electron chi connectivity index (χ2n) is 3.57. The van der Waals surface area contributed by atoms with Crippen molar-refractivity contribution in [3.8, 4) is 0 Å². The molecule has 0 radical (unpaired) electrons. The molecule has 2 nitrogen and oxygen atoms in total. The first kappa shape index (κ1) is 9.10. The molecule has 1 aliphatic carbocycles. The lowest BCUT2D eigenvalue weighted by Gasteiger charge is -2.08. The fourth-order valence-electron chi connectivity index (χ4n) is 1.61. The highest BCUT2D eigenvalue weighted by Gasteiger charge is 2.44. The molecule has 0 amide bonds. The second-order valence-corrected chi connectivity index (χ2v) is 3.57. The van der Waals surface area contributed by atoms with Crippen molar-refractivity contribution in [1.29, 1.82) is 0 Å². The summed E-state index contributed by atoms with van der Waals surface area (Å²) in [6, 6.07) is 7.18. The molecular formula is C11H10FNO. The van der Waals surface area contributed by atoms with E-state index in [1.54, 1.807) is 24.3 Å². The predicted molar refractivity (Wildman–Crippen MR) is 50.3 cm³/mol. The van der Waals surface area contributed by atoms with Gasteiger partial charge in [-0.25, -0.2) is 9.18 Å². The van der Waals surface area contributed by atoms with Crippen LogP contribution >= 0.6 is 0 Å². The van der Waals surface area contributed by atoms with Gasteiger partial charge in [0.15, 0.2) is 0 Å². The molecule has 1 aromatic rings. The Labute approximate surface area is 81.5 Å². The Morgan fingerprint density at radius 1 is 1.50 bits per heavy atom. The summed E-state index contributed by atoms with van der Waals surface area (Å²) in [5.74, 6) is 0. The SMILES string of the molecule is O=C=NC1(c2cccc(CF)c2)CC1. The zero-order chi connectivity index (χ0) is 10.0. The van der Waals surface area contributed by atoms with E-state index >= 15 is 0 Å². The molecule has 0 saturated heterocycles. The minimum atomic E-state index is -0.477. The van der Waals surface area contributed by atoms with Crippen LogP contribution in [0.5, 0.6) is 0 Å². The molecule has 72 valence electrons. The molecule has 2 rings (SSSR count). The third-order valence-electron chi connectivity index (χ3n) is 2.60. The predicted octanol–water partition coefficient (Wildman–Crippen LogP) is 2.48. The van der Waals surface area contributed by atoms with Crippen LogP contribution in [0.25, 0.3) is 0 Å². The zero-order valence-electron chi connectivity index (χ0n) is 7.66. The number of nitrogens with zero attached hydrogens (tertiary/aromatic N) is 1. The van der Waals surface area contributed by atoms with E-state index in [4.69, 9.17) is 0 Å². The minimum Gasteiger partial charge on any atom is -0.246 e. The first-order valence-corrected chi connectivity index (χ1v) is 4.55. The number of isocyanates is 1. The van der Waals surface area contributed by atoms with Gasteiger partial charge in [-0.3, -0.25) is 0 Å². The number of aliphatic imine (C=N–C) groups is 1. The van der Waals surface area contributed by atoms with Crippen molar-refractivity contribution in [2.24, 2.45) is 4.99 Å². The molecule has 14 heavy (non-hydrogen) atoms. The molecule has 0 atom stereocenters. The molecule has 0 spiro atoms. The lowest BCUT2D eigenvalue weighted by atomic mass is 10.0. The lowest BCUT2D eigenvalue weighted by Crippen LogP contribution is -2.02. The van der Waals surface area contributed by atoms with E-state index in [-0.39, 0.29) is 5.54 Å². The third-order valence-corrected chi connectivity index (χ3v) is 2.60. The summed E-state index contributed by atoms with van der Waals surface area (Å²) >= 11 is 0. The van der Waals surface area contributed by atoms with Crippen LogP contribution in [0.15, 0.2) is 29.3 Å². The van der Waals surface area contributed by atoms with E-state index in [9.17, 15) is 9.18 Å². The number of rotatable bonds is 3. The van der Waals surface area contributed by atoms with Gasteiger partial charge in [0.2, 0.25) is 6.08 Å². The molecule has 0 heterocycles. The lowest BCUT2D eigenvalue weighted by molar-refractivity contribution is 0.484. The first-order chi connectivity index (χ1) is 6.80. The number of hydrogen-bond acceptors (Lipinski definition) is 2. The van der Waals surface area contributed by atoms with Crippen molar-refractivity contribution in [1.82, 2.24) is 0 Å². The van der Waals surface area contributed by atoms with Gasteiger partial charge < -0.3 is 0 Å². The van der Waals surface area contributed by atoms with Crippen LogP contribution in [-0.2, 0) is 17.0 Å². The van der Waals surface area contributed by atoms with Gasteiger partial charge in [-0.15, -0.1) is 0 Å². The van der Waals surface area contributed by atoms with E-state index in [0.717, 1.165) is 18.4 Å². The quantitative estimate of drug-likeness (QED) is 0.533. The maximum atomic E-state index is 12.4. The number of halogens is 1. The molecule has 0 N–H and O–H groups in total. The van der Waals surface area contributed by atoms with Crippen molar-refractivity contribution in [2.45, 2.75) is 25.1 Å². The van der Waals surface area contributed by atoms with Crippen molar-refractivity contribution >= 4 is 6.08 Å². The number of hydrogen-bond donors (Lipinski definition) is 0. The van der Waals surface area contributed by atoms with Gasteiger partial charge >= 0.3 is 0 Å². The van der Waals surface area contributed by atoms with Gasteiger partial charge in [-0.1, -0.05) is 24.3 Å². The van der Waals surface area contributed by atoms with Crippen LogP contribution in [0, 0.1) is 0 Å². The monoisotopic (exact) mass is 191 g/mol. The summed E-state index contributed by atoms with van der Waals surface area (Å²) in [5, 5.41) is 0. The second kappa shape index (κ2) is 3.35. The van der Waals surface area contributed by atoms with Crippen LogP contribution in [0.1, 0.15) is 24.0 Å². The summed E-state index contributed by atoms with van der Waals surface area (Å²) < 4.78 is 12.4.